The Kier molecular flexibility index (Phi) is 2.93. The fourth-order valence-electron chi connectivity index (χ4n) is 1.07. The Balaban J connectivity index is 3.29. The summed E-state index contributed by atoms with van der Waals surface area (Å²) in [6.07, 6.45) is 0. The molecule has 15 heavy (non-hydrogen) atoms. The van der Waals surface area contributed by atoms with E-state index in [2.05, 4.69) is 14.7 Å². The van der Waals surface area contributed by atoms with Gasteiger partial charge in [0.25, 0.3) is 0 Å². The Morgan fingerprint density at radius 3 is 2.53 bits per heavy atom. The fourth-order valence-corrected chi connectivity index (χ4v) is 1.07. The van der Waals surface area contributed by atoms with Crippen molar-refractivity contribution in [1.82, 2.24) is 9.97 Å². The van der Waals surface area contributed by atoms with Gasteiger partial charge >= 0.3 is 11.7 Å². The topological polar surface area (TPSA) is 72.1 Å². The third kappa shape index (κ3) is 2.65. The molecule has 0 fully saturated rings. The highest BCUT2D eigenvalue weighted by atomic mass is 16.5. The molecule has 0 amide bonds. The number of esters is 1. The summed E-state index contributed by atoms with van der Waals surface area (Å²) < 4.78 is 4.50. The fraction of sp³-hybridized carbons (Fsp3) is 0.500. The van der Waals surface area contributed by atoms with E-state index in [4.69, 9.17) is 0 Å². The third-order valence-electron chi connectivity index (χ3n) is 1.95. The van der Waals surface area contributed by atoms with E-state index in [1.165, 1.54) is 13.2 Å². The predicted octanol–water partition coefficient (Wildman–Crippen LogP) is 0.854. The molecule has 0 aliphatic carbocycles. The predicted molar refractivity (Wildman–Crippen MR) is 54.9 cm³/mol. The number of nitrogens with zero attached hydrogens (tertiary/aromatic N) is 1. The Labute approximate surface area is 87.5 Å². The smallest absolute Gasteiger partial charge is 0.356 e. The van der Waals surface area contributed by atoms with Gasteiger partial charge in [-0.1, -0.05) is 20.8 Å². The van der Waals surface area contributed by atoms with Crippen molar-refractivity contribution in [3.05, 3.63) is 27.9 Å². The summed E-state index contributed by atoms with van der Waals surface area (Å²) in [4.78, 5) is 28.5. The zero-order valence-corrected chi connectivity index (χ0v) is 9.25. The summed E-state index contributed by atoms with van der Waals surface area (Å²) in [5, 5.41) is 0. The number of hydrogen-bond acceptors (Lipinski definition) is 4. The van der Waals surface area contributed by atoms with Crippen molar-refractivity contribution in [1.29, 1.82) is 0 Å². The van der Waals surface area contributed by atoms with E-state index in [1.807, 2.05) is 20.8 Å². The van der Waals surface area contributed by atoms with Gasteiger partial charge in [-0.15, -0.1) is 0 Å². The van der Waals surface area contributed by atoms with Crippen LogP contribution in [0.25, 0.3) is 0 Å². The first-order chi connectivity index (χ1) is 6.84. The summed E-state index contributed by atoms with van der Waals surface area (Å²) >= 11 is 0. The van der Waals surface area contributed by atoms with Crippen LogP contribution in [0.15, 0.2) is 10.9 Å². The first-order valence-corrected chi connectivity index (χ1v) is 4.55. The van der Waals surface area contributed by atoms with Gasteiger partial charge in [-0.3, -0.25) is 0 Å². The van der Waals surface area contributed by atoms with Crippen LogP contribution in [-0.2, 0) is 10.2 Å². The van der Waals surface area contributed by atoms with Gasteiger partial charge in [0.1, 0.15) is 0 Å². The van der Waals surface area contributed by atoms with Crippen LogP contribution in [0.4, 0.5) is 0 Å². The molecule has 0 spiro atoms. The first kappa shape index (κ1) is 11.4. The number of ether oxygens (including phenoxy) is 1. The number of aromatic nitrogens is 2. The van der Waals surface area contributed by atoms with E-state index >= 15 is 0 Å². The normalized spacial score (nSPS) is 11.2. The van der Waals surface area contributed by atoms with Crippen LogP contribution >= 0.6 is 0 Å². The van der Waals surface area contributed by atoms with Gasteiger partial charge in [-0.2, -0.15) is 4.98 Å². The number of carbonyl (C=O) groups is 1. The standard InChI is InChI=1S/C10H14N2O3/c1-10(2,3)7-5-6(8(13)15-4)11-9(14)12-7/h5H,1-4H3,(H,11,12,14). The maximum atomic E-state index is 11.2. The van der Waals surface area contributed by atoms with E-state index in [0.29, 0.717) is 5.69 Å². The molecule has 1 N–H and O–H groups in total. The average molecular weight is 210 g/mol. The molecule has 0 saturated carbocycles. The Bertz CT molecular complexity index is 429. The number of hydrogen-bond donors (Lipinski definition) is 1. The number of aromatic amines is 1. The molecule has 0 aromatic carbocycles. The second-order valence-corrected chi connectivity index (χ2v) is 4.23. The summed E-state index contributed by atoms with van der Waals surface area (Å²) in [6, 6.07) is 1.53. The van der Waals surface area contributed by atoms with E-state index in [0.717, 1.165) is 0 Å². The molecule has 0 unspecified atom stereocenters. The molecule has 1 rings (SSSR count). The Morgan fingerprint density at radius 2 is 2.07 bits per heavy atom. The summed E-state index contributed by atoms with van der Waals surface area (Å²) in [5.41, 5.74) is -0.0953. The molecule has 0 bridgehead atoms. The minimum atomic E-state index is -0.605. The molecule has 0 aliphatic heterocycles. The highest BCUT2D eigenvalue weighted by Crippen LogP contribution is 2.18. The number of methoxy groups -OCH3 is 1. The number of nitrogens with one attached hydrogen (secondary N) is 1. The van der Waals surface area contributed by atoms with E-state index in [-0.39, 0.29) is 11.1 Å². The van der Waals surface area contributed by atoms with Crippen molar-refractivity contribution in [3.63, 3.8) is 0 Å². The molecule has 1 heterocycles. The average Bonchev–Trinajstić information content (AvgIpc) is 2.14. The Hall–Kier alpha value is -1.65. The third-order valence-corrected chi connectivity index (χ3v) is 1.95. The number of rotatable bonds is 1. The first-order valence-electron chi connectivity index (χ1n) is 4.55. The zero-order valence-electron chi connectivity index (χ0n) is 9.25. The molecule has 5 nitrogen and oxygen atoms in total. The molecule has 1 aromatic heterocycles. The van der Waals surface area contributed by atoms with Crippen LogP contribution in [0.5, 0.6) is 0 Å². The van der Waals surface area contributed by atoms with Crippen LogP contribution in [0.2, 0.25) is 0 Å². The van der Waals surface area contributed by atoms with Crippen molar-refractivity contribution in [2.45, 2.75) is 26.2 Å². The van der Waals surface area contributed by atoms with Crippen LogP contribution in [0.3, 0.4) is 0 Å². The molecular formula is C10H14N2O3. The van der Waals surface area contributed by atoms with Crippen LogP contribution < -0.4 is 5.69 Å². The van der Waals surface area contributed by atoms with Gasteiger partial charge in [0.15, 0.2) is 5.69 Å². The second-order valence-electron chi connectivity index (χ2n) is 4.23. The molecule has 0 radical (unpaired) electrons. The van der Waals surface area contributed by atoms with Gasteiger partial charge in [0.2, 0.25) is 0 Å². The van der Waals surface area contributed by atoms with Gasteiger partial charge in [-0.05, 0) is 6.07 Å². The van der Waals surface area contributed by atoms with Crippen molar-refractivity contribution in [3.8, 4) is 0 Å². The van der Waals surface area contributed by atoms with Gasteiger partial charge in [-0.25, -0.2) is 9.59 Å². The number of H-pyrrole nitrogens is 1. The highest BCUT2D eigenvalue weighted by molar-refractivity contribution is 5.87. The highest BCUT2D eigenvalue weighted by Gasteiger charge is 2.18. The maximum Gasteiger partial charge on any atom is 0.356 e. The lowest BCUT2D eigenvalue weighted by Gasteiger charge is -2.18. The van der Waals surface area contributed by atoms with E-state index < -0.39 is 11.7 Å². The minimum Gasteiger partial charge on any atom is -0.464 e. The van der Waals surface area contributed by atoms with Crippen molar-refractivity contribution >= 4 is 5.97 Å². The van der Waals surface area contributed by atoms with Crippen molar-refractivity contribution in [2.75, 3.05) is 7.11 Å². The Morgan fingerprint density at radius 1 is 1.47 bits per heavy atom. The molecule has 82 valence electrons. The van der Waals surface area contributed by atoms with Crippen molar-refractivity contribution < 1.29 is 9.53 Å². The van der Waals surface area contributed by atoms with E-state index in [9.17, 15) is 9.59 Å². The van der Waals surface area contributed by atoms with Gasteiger partial charge < -0.3 is 9.72 Å². The van der Waals surface area contributed by atoms with Gasteiger partial charge in [0.05, 0.1) is 7.11 Å². The summed E-state index contributed by atoms with van der Waals surface area (Å²) in [7, 11) is 1.25. The lowest BCUT2D eigenvalue weighted by molar-refractivity contribution is 0.0593. The lowest BCUT2D eigenvalue weighted by atomic mass is 9.91. The zero-order chi connectivity index (χ0) is 11.6. The molecule has 0 atom stereocenters. The molecular weight excluding hydrogens is 196 g/mol. The summed E-state index contributed by atoms with van der Waals surface area (Å²) in [5.74, 6) is -0.605. The molecule has 1 aromatic rings. The molecule has 0 aliphatic rings. The summed E-state index contributed by atoms with van der Waals surface area (Å²) in [6.45, 7) is 5.79. The SMILES string of the molecule is COC(=O)c1cc(C(C)(C)C)[nH]c(=O)n1. The second kappa shape index (κ2) is 3.84. The van der Waals surface area contributed by atoms with E-state index in [1.54, 1.807) is 0 Å². The molecule has 0 saturated heterocycles. The largest absolute Gasteiger partial charge is 0.464 e. The number of carbonyl (C=O) groups excluding carboxylic acids is 1. The monoisotopic (exact) mass is 210 g/mol. The van der Waals surface area contributed by atoms with Crippen LogP contribution in [0, 0.1) is 0 Å². The quantitative estimate of drug-likeness (QED) is 0.697. The maximum absolute atomic E-state index is 11.2. The molecule has 5 heteroatoms. The van der Waals surface area contributed by atoms with Crippen LogP contribution in [0.1, 0.15) is 37.0 Å². The minimum absolute atomic E-state index is 0.0335. The van der Waals surface area contributed by atoms with Crippen molar-refractivity contribution in [2.24, 2.45) is 0 Å². The van der Waals surface area contributed by atoms with Crippen LogP contribution in [-0.4, -0.2) is 23.0 Å². The lowest BCUT2D eigenvalue weighted by Crippen LogP contribution is -2.24. The van der Waals surface area contributed by atoms with Gasteiger partial charge in [0, 0.05) is 11.1 Å².